The number of likely N-dealkylation sites (tertiary alicyclic amines) is 1. The van der Waals surface area contributed by atoms with E-state index in [0.717, 1.165) is 32.4 Å². The maximum atomic E-state index is 12.3. The van der Waals surface area contributed by atoms with Gasteiger partial charge in [-0.25, -0.2) is 0 Å². The molecule has 1 aliphatic heterocycles. The molecule has 2 heterocycles. The normalized spacial score (nSPS) is 18.9. The van der Waals surface area contributed by atoms with E-state index in [2.05, 4.69) is 10.4 Å². The fourth-order valence-electron chi connectivity index (χ4n) is 2.63. The van der Waals surface area contributed by atoms with Crippen molar-refractivity contribution in [2.75, 3.05) is 19.6 Å². The minimum absolute atomic E-state index is 0.00206. The number of nitrogens with one attached hydrogen (secondary N) is 1. The molecule has 0 bridgehead atoms. The van der Waals surface area contributed by atoms with E-state index in [1.807, 2.05) is 11.9 Å². The van der Waals surface area contributed by atoms with Gasteiger partial charge in [-0.2, -0.15) is 5.10 Å². The third-order valence-corrected chi connectivity index (χ3v) is 3.67. The molecular formula is C14H22N4O2. The summed E-state index contributed by atoms with van der Waals surface area (Å²) in [6.45, 7) is 3.77. The van der Waals surface area contributed by atoms with Crippen LogP contribution in [0.4, 0.5) is 0 Å². The molecule has 0 aromatic carbocycles. The topological polar surface area (TPSA) is 67.2 Å². The van der Waals surface area contributed by atoms with Gasteiger partial charge in [0.15, 0.2) is 0 Å². The smallest absolute Gasteiger partial charge is 0.274 e. The molecule has 1 aromatic rings. The Balaban J connectivity index is 1.86. The minimum Gasteiger partial charge on any atom is -0.356 e. The third-order valence-electron chi connectivity index (χ3n) is 3.67. The number of nitrogens with zero attached hydrogens (tertiary/aromatic N) is 3. The van der Waals surface area contributed by atoms with Gasteiger partial charge in [-0.1, -0.05) is 0 Å². The second-order valence-corrected chi connectivity index (χ2v) is 5.41. The van der Waals surface area contributed by atoms with Crippen molar-refractivity contribution in [3.8, 4) is 0 Å². The maximum Gasteiger partial charge on any atom is 0.274 e. The first kappa shape index (κ1) is 14.6. The van der Waals surface area contributed by atoms with E-state index in [4.69, 9.17) is 0 Å². The van der Waals surface area contributed by atoms with Gasteiger partial charge >= 0.3 is 0 Å². The molecule has 20 heavy (non-hydrogen) atoms. The molecule has 0 radical (unpaired) electrons. The van der Waals surface area contributed by atoms with Crippen molar-refractivity contribution in [3.05, 3.63) is 18.0 Å². The maximum absolute atomic E-state index is 12.3. The predicted octanol–water partition coefficient (Wildman–Crippen LogP) is 0.798. The molecule has 1 saturated heterocycles. The predicted molar refractivity (Wildman–Crippen MR) is 75.1 cm³/mol. The molecule has 1 unspecified atom stereocenters. The molecule has 0 aliphatic carbocycles. The minimum atomic E-state index is 0.00206. The van der Waals surface area contributed by atoms with Crippen molar-refractivity contribution in [2.24, 2.45) is 13.0 Å². The SMILES string of the molecule is CC(=O)NCCC1CCCN(C(=O)c2ccn(C)n2)C1. The van der Waals surface area contributed by atoms with Gasteiger partial charge in [-0.15, -0.1) is 0 Å². The van der Waals surface area contributed by atoms with Gasteiger partial charge in [0.1, 0.15) is 5.69 Å². The first-order valence-electron chi connectivity index (χ1n) is 7.09. The number of carbonyl (C=O) groups excluding carboxylic acids is 2. The van der Waals surface area contributed by atoms with E-state index < -0.39 is 0 Å². The summed E-state index contributed by atoms with van der Waals surface area (Å²) in [6, 6.07) is 1.75. The lowest BCUT2D eigenvalue weighted by Crippen LogP contribution is -2.41. The van der Waals surface area contributed by atoms with Crippen LogP contribution in [-0.2, 0) is 11.8 Å². The Morgan fingerprint density at radius 3 is 2.95 bits per heavy atom. The third kappa shape index (κ3) is 3.82. The van der Waals surface area contributed by atoms with Crippen LogP contribution in [0.15, 0.2) is 12.3 Å². The number of hydrogen-bond acceptors (Lipinski definition) is 3. The van der Waals surface area contributed by atoms with Crippen LogP contribution in [0.1, 0.15) is 36.7 Å². The fraction of sp³-hybridized carbons (Fsp3) is 0.643. The molecule has 0 saturated carbocycles. The highest BCUT2D eigenvalue weighted by Gasteiger charge is 2.25. The Kier molecular flexibility index (Phi) is 4.76. The fourth-order valence-corrected chi connectivity index (χ4v) is 2.63. The molecule has 110 valence electrons. The largest absolute Gasteiger partial charge is 0.356 e. The van der Waals surface area contributed by atoms with Crippen LogP contribution in [0.5, 0.6) is 0 Å². The van der Waals surface area contributed by atoms with E-state index in [0.29, 0.717) is 18.2 Å². The van der Waals surface area contributed by atoms with E-state index in [1.165, 1.54) is 6.92 Å². The number of rotatable bonds is 4. The van der Waals surface area contributed by atoms with Crippen molar-refractivity contribution < 1.29 is 9.59 Å². The summed E-state index contributed by atoms with van der Waals surface area (Å²) in [7, 11) is 1.81. The van der Waals surface area contributed by atoms with Crippen LogP contribution in [0, 0.1) is 5.92 Å². The number of piperidine rings is 1. The van der Waals surface area contributed by atoms with E-state index >= 15 is 0 Å². The molecule has 2 rings (SSSR count). The quantitative estimate of drug-likeness (QED) is 0.886. The van der Waals surface area contributed by atoms with Crippen LogP contribution in [0.3, 0.4) is 0 Å². The highest BCUT2D eigenvalue weighted by atomic mass is 16.2. The summed E-state index contributed by atoms with van der Waals surface area (Å²) >= 11 is 0. The zero-order chi connectivity index (χ0) is 14.5. The number of aryl methyl sites for hydroxylation is 1. The van der Waals surface area contributed by atoms with Crippen molar-refractivity contribution in [3.63, 3.8) is 0 Å². The van der Waals surface area contributed by atoms with Crippen LogP contribution < -0.4 is 5.32 Å². The van der Waals surface area contributed by atoms with Crippen molar-refractivity contribution in [2.45, 2.75) is 26.2 Å². The lowest BCUT2D eigenvalue weighted by molar-refractivity contribution is -0.119. The average Bonchev–Trinajstić information content (AvgIpc) is 2.84. The lowest BCUT2D eigenvalue weighted by Gasteiger charge is -2.32. The molecule has 0 spiro atoms. The van der Waals surface area contributed by atoms with Gasteiger partial charge in [0.25, 0.3) is 5.91 Å². The van der Waals surface area contributed by atoms with Gasteiger partial charge in [0.2, 0.25) is 5.91 Å². The molecular weight excluding hydrogens is 256 g/mol. The zero-order valence-corrected chi connectivity index (χ0v) is 12.1. The lowest BCUT2D eigenvalue weighted by atomic mass is 9.94. The Labute approximate surface area is 119 Å². The molecule has 6 heteroatoms. The summed E-state index contributed by atoms with van der Waals surface area (Å²) in [6.07, 6.45) is 4.84. The van der Waals surface area contributed by atoms with Crippen LogP contribution in [0.25, 0.3) is 0 Å². The highest BCUT2D eigenvalue weighted by molar-refractivity contribution is 5.92. The van der Waals surface area contributed by atoms with Crippen molar-refractivity contribution in [1.82, 2.24) is 20.0 Å². The Hall–Kier alpha value is -1.85. The van der Waals surface area contributed by atoms with Gasteiger partial charge < -0.3 is 10.2 Å². The number of carbonyl (C=O) groups is 2. The van der Waals surface area contributed by atoms with Gasteiger partial charge in [0.05, 0.1) is 0 Å². The second-order valence-electron chi connectivity index (χ2n) is 5.41. The van der Waals surface area contributed by atoms with Crippen LogP contribution in [-0.4, -0.2) is 46.1 Å². The Bertz CT molecular complexity index is 483. The van der Waals surface area contributed by atoms with Gasteiger partial charge in [0, 0.05) is 39.8 Å². The van der Waals surface area contributed by atoms with Crippen molar-refractivity contribution >= 4 is 11.8 Å². The van der Waals surface area contributed by atoms with Gasteiger partial charge in [-0.05, 0) is 31.2 Å². The summed E-state index contributed by atoms with van der Waals surface area (Å²) in [4.78, 5) is 25.1. The molecule has 1 aromatic heterocycles. The molecule has 1 aliphatic rings. The van der Waals surface area contributed by atoms with E-state index in [1.54, 1.807) is 16.9 Å². The molecule has 2 amide bonds. The zero-order valence-electron chi connectivity index (χ0n) is 12.1. The Morgan fingerprint density at radius 1 is 1.50 bits per heavy atom. The number of amides is 2. The van der Waals surface area contributed by atoms with E-state index in [9.17, 15) is 9.59 Å². The highest BCUT2D eigenvalue weighted by Crippen LogP contribution is 2.20. The molecule has 1 fully saturated rings. The summed E-state index contributed by atoms with van der Waals surface area (Å²) in [5.41, 5.74) is 0.509. The van der Waals surface area contributed by atoms with Crippen LogP contribution in [0.2, 0.25) is 0 Å². The number of aromatic nitrogens is 2. The monoisotopic (exact) mass is 278 g/mol. The van der Waals surface area contributed by atoms with Crippen LogP contribution >= 0.6 is 0 Å². The van der Waals surface area contributed by atoms with E-state index in [-0.39, 0.29) is 11.8 Å². The molecule has 1 atom stereocenters. The first-order chi connectivity index (χ1) is 9.56. The summed E-state index contributed by atoms with van der Waals surface area (Å²) in [5.74, 6) is 0.473. The number of hydrogen-bond donors (Lipinski definition) is 1. The summed E-state index contributed by atoms with van der Waals surface area (Å²) < 4.78 is 1.64. The first-order valence-corrected chi connectivity index (χ1v) is 7.09. The second kappa shape index (κ2) is 6.54. The Morgan fingerprint density at radius 2 is 2.30 bits per heavy atom. The molecule has 1 N–H and O–H groups in total. The molecule has 6 nitrogen and oxygen atoms in total. The van der Waals surface area contributed by atoms with Gasteiger partial charge in [-0.3, -0.25) is 14.3 Å². The summed E-state index contributed by atoms with van der Waals surface area (Å²) in [5, 5.41) is 6.98. The van der Waals surface area contributed by atoms with Crippen molar-refractivity contribution in [1.29, 1.82) is 0 Å². The average molecular weight is 278 g/mol. The standard InChI is InChI=1S/C14H22N4O2/c1-11(19)15-7-5-12-4-3-8-18(10-12)14(20)13-6-9-17(2)16-13/h6,9,12H,3-5,7-8,10H2,1-2H3,(H,15,19).